The zero-order chi connectivity index (χ0) is 13.7. The summed E-state index contributed by atoms with van der Waals surface area (Å²) in [7, 11) is 2.12. The van der Waals surface area contributed by atoms with Gasteiger partial charge in [0.05, 0.1) is 0 Å². The van der Waals surface area contributed by atoms with Gasteiger partial charge in [0.1, 0.15) is 4.99 Å². The molecule has 0 amide bonds. The lowest BCUT2D eigenvalue weighted by molar-refractivity contribution is 0.667. The molecule has 1 unspecified atom stereocenters. The Morgan fingerprint density at radius 2 is 2.17 bits per heavy atom. The van der Waals surface area contributed by atoms with E-state index >= 15 is 0 Å². The molecule has 1 atom stereocenters. The molecule has 2 N–H and O–H groups in total. The molecular weight excluding hydrogens is 260 g/mol. The first kappa shape index (κ1) is 15.3. The van der Waals surface area contributed by atoms with Crippen molar-refractivity contribution in [2.75, 3.05) is 24.0 Å². The maximum atomic E-state index is 5.82. The van der Waals surface area contributed by atoms with E-state index < -0.39 is 0 Å². The molecule has 1 aromatic carbocycles. The summed E-state index contributed by atoms with van der Waals surface area (Å²) in [6.45, 7) is 4.35. The van der Waals surface area contributed by atoms with Crippen LogP contribution in [-0.4, -0.2) is 30.1 Å². The maximum Gasteiger partial charge on any atom is 0.106 e. The highest BCUT2D eigenvalue weighted by atomic mass is 32.2. The number of thioether (sulfide) groups is 1. The monoisotopic (exact) mass is 282 g/mol. The Balaban J connectivity index is 3.03. The SMILES string of the molecule is CSCCC(C)N(C)c1c(C)cccc1C(N)=S. The largest absolute Gasteiger partial charge is 0.389 e. The van der Waals surface area contributed by atoms with Gasteiger partial charge in [0, 0.05) is 24.3 Å². The molecule has 0 aliphatic heterocycles. The number of benzene rings is 1. The first-order valence-electron chi connectivity index (χ1n) is 6.10. The van der Waals surface area contributed by atoms with Crippen molar-refractivity contribution in [2.24, 2.45) is 5.73 Å². The Labute approximate surface area is 120 Å². The standard InChI is InChI=1S/C14H22N2S2/c1-10-6-5-7-12(14(15)17)13(10)16(3)11(2)8-9-18-4/h5-7,11H,8-9H2,1-4H3,(H2,15,17). The van der Waals surface area contributed by atoms with Gasteiger partial charge in [-0.15, -0.1) is 0 Å². The van der Waals surface area contributed by atoms with E-state index in [2.05, 4.69) is 38.1 Å². The number of anilines is 1. The second kappa shape index (κ2) is 7.00. The number of nitrogens with two attached hydrogens (primary N) is 1. The number of rotatable bonds is 6. The summed E-state index contributed by atoms with van der Waals surface area (Å²) >= 11 is 7.03. The van der Waals surface area contributed by atoms with Crippen molar-refractivity contribution in [1.29, 1.82) is 0 Å². The normalized spacial score (nSPS) is 12.2. The lowest BCUT2D eigenvalue weighted by Gasteiger charge is -2.30. The molecule has 0 heterocycles. The zero-order valence-corrected chi connectivity index (χ0v) is 13.2. The van der Waals surface area contributed by atoms with Crippen molar-refractivity contribution in [1.82, 2.24) is 0 Å². The molecule has 0 aromatic heterocycles. The molecule has 0 bridgehead atoms. The molecular formula is C14H22N2S2. The van der Waals surface area contributed by atoms with E-state index in [0.717, 1.165) is 12.0 Å². The third-order valence-electron chi connectivity index (χ3n) is 3.26. The molecule has 0 spiro atoms. The van der Waals surface area contributed by atoms with E-state index in [1.165, 1.54) is 17.0 Å². The van der Waals surface area contributed by atoms with Crippen LogP contribution in [0.1, 0.15) is 24.5 Å². The van der Waals surface area contributed by atoms with Crippen LogP contribution in [0.2, 0.25) is 0 Å². The molecule has 1 rings (SSSR count). The van der Waals surface area contributed by atoms with Crippen LogP contribution in [0.25, 0.3) is 0 Å². The minimum atomic E-state index is 0.470. The number of thiocarbonyl (C=S) groups is 1. The molecule has 0 radical (unpaired) electrons. The molecule has 0 aliphatic carbocycles. The van der Waals surface area contributed by atoms with Gasteiger partial charge in [-0.05, 0) is 43.9 Å². The highest BCUT2D eigenvalue weighted by Gasteiger charge is 2.16. The van der Waals surface area contributed by atoms with Crippen LogP contribution in [0.3, 0.4) is 0 Å². The van der Waals surface area contributed by atoms with Gasteiger partial charge < -0.3 is 10.6 Å². The fourth-order valence-electron chi connectivity index (χ4n) is 2.03. The Bertz CT molecular complexity index is 418. The van der Waals surface area contributed by atoms with E-state index in [1.54, 1.807) is 0 Å². The Morgan fingerprint density at radius 1 is 1.50 bits per heavy atom. The summed E-state index contributed by atoms with van der Waals surface area (Å²) in [4.78, 5) is 2.76. The van der Waals surface area contributed by atoms with Crippen molar-refractivity contribution in [3.63, 3.8) is 0 Å². The fraction of sp³-hybridized carbons (Fsp3) is 0.500. The van der Waals surface area contributed by atoms with Crippen molar-refractivity contribution in [3.8, 4) is 0 Å². The highest BCUT2D eigenvalue weighted by molar-refractivity contribution is 7.98. The lowest BCUT2D eigenvalue weighted by atomic mass is 10.0. The minimum Gasteiger partial charge on any atom is -0.389 e. The van der Waals surface area contributed by atoms with E-state index in [1.807, 2.05) is 23.9 Å². The van der Waals surface area contributed by atoms with Crippen molar-refractivity contribution >= 4 is 34.7 Å². The van der Waals surface area contributed by atoms with Crippen LogP contribution >= 0.6 is 24.0 Å². The Morgan fingerprint density at radius 3 is 2.72 bits per heavy atom. The summed E-state index contributed by atoms with van der Waals surface area (Å²) in [5.74, 6) is 1.17. The van der Waals surface area contributed by atoms with E-state index in [0.29, 0.717) is 11.0 Å². The third kappa shape index (κ3) is 3.62. The molecule has 0 saturated heterocycles. The van der Waals surface area contributed by atoms with Gasteiger partial charge in [0.2, 0.25) is 0 Å². The van der Waals surface area contributed by atoms with Gasteiger partial charge in [0.15, 0.2) is 0 Å². The molecule has 100 valence electrons. The number of para-hydroxylation sites is 1. The molecule has 2 nitrogen and oxygen atoms in total. The minimum absolute atomic E-state index is 0.470. The van der Waals surface area contributed by atoms with Gasteiger partial charge in [-0.25, -0.2) is 0 Å². The van der Waals surface area contributed by atoms with Crippen molar-refractivity contribution in [2.45, 2.75) is 26.3 Å². The van der Waals surface area contributed by atoms with Crippen LogP contribution in [0.15, 0.2) is 18.2 Å². The van der Waals surface area contributed by atoms with Crippen LogP contribution in [0.4, 0.5) is 5.69 Å². The average molecular weight is 282 g/mol. The number of aryl methyl sites for hydroxylation is 1. The second-order valence-corrected chi connectivity index (χ2v) is 6.00. The van der Waals surface area contributed by atoms with Crippen LogP contribution in [0, 0.1) is 6.92 Å². The Hall–Kier alpha value is -0.740. The highest BCUT2D eigenvalue weighted by Crippen LogP contribution is 2.26. The first-order chi connectivity index (χ1) is 8.49. The van der Waals surface area contributed by atoms with Gasteiger partial charge in [-0.2, -0.15) is 11.8 Å². The predicted octanol–water partition coefficient (Wildman–Crippen LogP) is 3.21. The first-order valence-corrected chi connectivity index (χ1v) is 7.90. The average Bonchev–Trinajstić information content (AvgIpc) is 2.34. The number of nitrogens with zero attached hydrogens (tertiary/aromatic N) is 1. The van der Waals surface area contributed by atoms with Gasteiger partial charge >= 0.3 is 0 Å². The molecule has 0 saturated carbocycles. The van der Waals surface area contributed by atoms with Gasteiger partial charge in [-0.3, -0.25) is 0 Å². The summed E-state index contributed by atoms with van der Waals surface area (Å²) < 4.78 is 0. The predicted molar refractivity (Wildman–Crippen MR) is 87.9 cm³/mol. The second-order valence-electron chi connectivity index (χ2n) is 4.58. The van der Waals surface area contributed by atoms with E-state index in [-0.39, 0.29) is 0 Å². The van der Waals surface area contributed by atoms with Crippen LogP contribution in [0.5, 0.6) is 0 Å². The summed E-state index contributed by atoms with van der Waals surface area (Å²) in [6, 6.07) is 6.59. The van der Waals surface area contributed by atoms with Crippen LogP contribution in [-0.2, 0) is 0 Å². The summed E-state index contributed by atoms with van der Waals surface area (Å²) in [5.41, 5.74) is 9.18. The number of hydrogen-bond donors (Lipinski definition) is 1. The maximum absolute atomic E-state index is 5.82. The van der Waals surface area contributed by atoms with Crippen LogP contribution < -0.4 is 10.6 Å². The molecule has 18 heavy (non-hydrogen) atoms. The summed E-state index contributed by atoms with van der Waals surface area (Å²) in [5, 5.41) is 0. The third-order valence-corrected chi connectivity index (χ3v) is 4.12. The quantitative estimate of drug-likeness (QED) is 0.811. The smallest absolute Gasteiger partial charge is 0.106 e. The number of hydrogen-bond acceptors (Lipinski definition) is 3. The fourth-order valence-corrected chi connectivity index (χ4v) is 2.77. The van der Waals surface area contributed by atoms with Crippen molar-refractivity contribution < 1.29 is 0 Å². The van der Waals surface area contributed by atoms with Crippen molar-refractivity contribution in [3.05, 3.63) is 29.3 Å². The van der Waals surface area contributed by atoms with Gasteiger partial charge in [-0.1, -0.05) is 24.4 Å². The zero-order valence-electron chi connectivity index (χ0n) is 11.6. The molecule has 0 aliphatic rings. The van der Waals surface area contributed by atoms with Gasteiger partial charge in [0.25, 0.3) is 0 Å². The lowest BCUT2D eigenvalue weighted by Crippen LogP contribution is -2.32. The van der Waals surface area contributed by atoms with E-state index in [4.69, 9.17) is 18.0 Å². The topological polar surface area (TPSA) is 29.3 Å². The van der Waals surface area contributed by atoms with E-state index in [9.17, 15) is 0 Å². The molecule has 0 fully saturated rings. The summed E-state index contributed by atoms with van der Waals surface area (Å²) in [6.07, 6.45) is 3.30. The molecule has 4 heteroatoms. The Kier molecular flexibility index (Phi) is 5.96. The molecule has 1 aromatic rings.